The van der Waals surface area contributed by atoms with E-state index < -0.39 is 6.16 Å². The third kappa shape index (κ3) is 3.31. The summed E-state index contributed by atoms with van der Waals surface area (Å²) in [5.41, 5.74) is 5.51. The number of rotatable bonds is 4. The molecule has 0 fully saturated rings. The number of carbonyl (C=O) groups excluding carboxylic acids is 2. The van der Waals surface area contributed by atoms with Crippen LogP contribution in [0.2, 0.25) is 0 Å². The maximum atomic E-state index is 10.8. The first-order valence-electron chi connectivity index (χ1n) is 4.25. The molecule has 0 aromatic carbocycles. The van der Waals surface area contributed by atoms with E-state index in [2.05, 4.69) is 19.7 Å². The van der Waals surface area contributed by atoms with Crippen molar-refractivity contribution in [3.8, 4) is 0 Å². The normalized spacial score (nSPS) is 10.9. The zero-order valence-corrected chi connectivity index (χ0v) is 9.19. The van der Waals surface area contributed by atoms with Crippen molar-refractivity contribution in [3.63, 3.8) is 0 Å². The van der Waals surface area contributed by atoms with Gasteiger partial charge >= 0.3 is 6.16 Å². The molecule has 0 saturated carbocycles. The van der Waals surface area contributed by atoms with Gasteiger partial charge in [0.05, 0.1) is 6.61 Å². The highest BCUT2D eigenvalue weighted by atomic mass is 32.1. The molecule has 16 heavy (non-hydrogen) atoms. The number of hydrogen-bond acceptors (Lipinski definition) is 8. The molecule has 1 aromatic rings. The lowest BCUT2D eigenvalue weighted by Crippen LogP contribution is -2.08. The van der Waals surface area contributed by atoms with Gasteiger partial charge in [-0.15, -0.1) is 11.3 Å². The summed E-state index contributed by atoms with van der Waals surface area (Å²) in [6, 6.07) is 0. The quantitative estimate of drug-likeness (QED) is 0.276. The van der Waals surface area contributed by atoms with Crippen LogP contribution in [-0.4, -0.2) is 29.7 Å². The number of aromatic nitrogens is 1. The topological polar surface area (TPSA) is 104 Å². The number of nitrogens with zero attached hydrogens (tertiary/aromatic N) is 2. The van der Waals surface area contributed by atoms with Gasteiger partial charge in [-0.05, 0) is 6.92 Å². The summed E-state index contributed by atoms with van der Waals surface area (Å²) in [6.07, 6.45) is -0.571. The lowest BCUT2D eigenvalue weighted by atomic mass is 10.3. The molecule has 0 aliphatic heterocycles. The lowest BCUT2D eigenvalue weighted by molar-refractivity contribution is -0.102. The van der Waals surface area contributed by atoms with Crippen molar-refractivity contribution >= 4 is 34.6 Å². The van der Waals surface area contributed by atoms with Gasteiger partial charge in [0.2, 0.25) is 0 Å². The Kier molecular flexibility index (Phi) is 4.40. The molecule has 0 saturated heterocycles. The summed E-state index contributed by atoms with van der Waals surface area (Å²) < 4.78 is 4.45. The molecule has 0 aliphatic carbocycles. The summed E-state index contributed by atoms with van der Waals surface area (Å²) in [6.45, 7) is 1.78. The number of anilines is 1. The first-order chi connectivity index (χ1) is 7.67. The molecule has 0 aliphatic rings. The summed E-state index contributed by atoms with van der Waals surface area (Å²) in [5.74, 6) is 0. The van der Waals surface area contributed by atoms with E-state index in [1.165, 1.54) is 5.38 Å². The molecule has 0 bridgehead atoms. The average molecular weight is 243 g/mol. The molecule has 8 heteroatoms. The second-order valence-corrected chi connectivity index (χ2v) is 3.33. The van der Waals surface area contributed by atoms with E-state index in [1.54, 1.807) is 6.92 Å². The number of thiazole rings is 1. The summed E-state index contributed by atoms with van der Waals surface area (Å²) in [7, 11) is 0. The number of aldehydes is 1. The lowest BCUT2D eigenvalue weighted by Gasteiger charge is -1.97. The molecule has 1 rings (SSSR count). The second kappa shape index (κ2) is 5.81. The van der Waals surface area contributed by atoms with E-state index in [9.17, 15) is 9.59 Å². The van der Waals surface area contributed by atoms with E-state index in [0.29, 0.717) is 11.4 Å². The van der Waals surface area contributed by atoms with Crippen molar-refractivity contribution < 1.29 is 19.2 Å². The van der Waals surface area contributed by atoms with Crippen LogP contribution in [0.4, 0.5) is 9.93 Å². The number of ether oxygens (including phenoxy) is 1. The van der Waals surface area contributed by atoms with Crippen LogP contribution in [0.15, 0.2) is 10.5 Å². The predicted molar refractivity (Wildman–Crippen MR) is 57.2 cm³/mol. The van der Waals surface area contributed by atoms with Gasteiger partial charge in [0.1, 0.15) is 5.69 Å². The molecule has 2 N–H and O–H groups in total. The standard InChI is InChI=1S/C8H9N3O4S/c1-2-14-8(13)15-11-5(3-12)6-4-16-7(9)10-6/h3-4H,2H2,1H3,(H2,9,10)/b11-5+. The Hall–Kier alpha value is -1.96. The van der Waals surface area contributed by atoms with Crippen LogP contribution < -0.4 is 5.73 Å². The summed E-state index contributed by atoms with van der Waals surface area (Å²) in [4.78, 5) is 29.6. The first kappa shape index (κ1) is 12.1. The second-order valence-electron chi connectivity index (χ2n) is 2.44. The third-order valence-corrected chi connectivity index (χ3v) is 2.05. The molecule has 0 spiro atoms. The number of hydrogen-bond donors (Lipinski definition) is 1. The molecule has 0 unspecified atom stereocenters. The Morgan fingerprint density at radius 3 is 3.00 bits per heavy atom. The Morgan fingerprint density at radius 2 is 2.50 bits per heavy atom. The highest BCUT2D eigenvalue weighted by Gasteiger charge is 2.09. The van der Waals surface area contributed by atoms with Crippen molar-refractivity contribution in [3.05, 3.63) is 11.1 Å². The minimum Gasteiger partial charge on any atom is -0.433 e. The van der Waals surface area contributed by atoms with E-state index in [4.69, 9.17) is 5.73 Å². The zero-order chi connectivity index (χ0) is 12.0. The SMILES string of the molecule is CCOC(=O)O/N=C(\C=O)c1csc(N)n1. The van der Waals surface area contributed by atoms with Gasteiger partial charge in [-0.3, -0.25) is 9.63 Å². The van der Waals surface area contributed by atoms with Gasteiger partial charge in [0, 0.05) is 5.38 Å². The number of nitrogen functional groups attached to an aromatic ring is 1. The highest BCUT2D eigenvalue weighted by molar-refractivity contribution is 7.13. The van der Waals surface area contributed by atoms with Crippen molar-refractivity contribution in [2.24, 2.45) is 5.16 Å². The fourth-order valence-corrected chi connectivity index (χ4v) is 1.32. The van der Waals surface area contributed by atoms with Gasteiger partial charge in [0.25, 0.3) is 0 Å². The Bertz CT molecular complexity index is 415. The van der Waals surface area contributed by atoms with Gasteiger partial charge in [-0.25, -0.2) is 9.78 Å². The van der Waals surface area contributed by atoms with Crippen LogP contribution in [0.1, 0.15) is 12.6 Å². The summed E-state index contributed by atoms with van der Waals surface area (Å²) in [5, 5.41) is 5.12. The Morgan fingerprint density at radius 1 is 1.75 bits per heavy atom. The molecule has 1 heterocycles. The van der Waals surface area contributed by atoms with Gasteiger partial charge in [-0.2, -0.15) is 0 Å². The van der Waals surface area contributed by atoms with Crippen LogP contribution in [-0.2, 0) is 14.4 Å². The van der Waals surface area contributed by atoms with Gasteiger partial charge in [0.15, 0.2) is 17.1 Å². The van der Waals surface area contributed by atoms with Crippen LogP contribution in [0.5, 0.6) is 0 Å². The van der Waals surface area contributed by atoms with Crippen LogP contribution >= 0.6 is 11.3 Å². The molecule has 86 valence electrons. The largest absolute Gasteiger partial charge is 0.535 e. The van der Waals surface area contributed by atoms with Crippen LogP contribution in [0.3, 0.4) is 0 Å². The first-order valence-corrected chi connectivity index (χ1v) is 5.13. The number of oxime groups is 1. The van der Waals surface area contributed by atoms with E-state index in [0.717, 1.165) is 11.3 Å². The molecule has 7 nitrogen and oxygen atoms in total. The van der Waals surface area contributed by atoms with Crippen molar-refractivity contribution in [2.75, 3.05) is 12.3 Å². The molecular weight excluding hydrogens is 234 g/mol. The predicted octanol–water partition coefficient (Wildman–Crippen LogP) is 0.801. The van der Waals surface area contributed by atoms with E-state index >= 15 is 0 Å². The smallest absolute Gasteiger partial charge is 0.433 e. The fourth-order valence-electron chi connectivity index (χ4n) is 0.765. The third-order valence-electron chi connectivity index (χ3n) is 1.38. The molecule has 1 aromatic heterocycles. The fraction of sp³-hybridized carbons (Fsp3) is 0.250. The molecule has 0 radical (unpaired) electrons. The number of carbonyl (C=O) groups is 2. The van der Waals surface area contributed by atoms with Gasteiger partial charge in [-0.1, -0.05) is 5.16 Å². The monoisotopic (exact) mass is 243 g/mol. The molecule has 0 atom stereocenters. The minimum absolute atomic E-state index is 0.124. The van der Waals surface area contributed by atoms with E-state index in [-0.39, 0.29) is 18.0 Å². The average Bonchev–Trinajstić information content (AvgIpc) is 2.66. The zero-order valence-electron chi connectivity index (χ0n) is 8.37. The summed E-state index contributed by atoms with van der Waals surface area (Å²) >= 11 is 1.15. The number of nitrogens with two attached hydrogens (primary N) is 1. The van der Waals surface area contributed by atoms with Crippen molar-refractivity contribution in [2.45, 2.75) is 6.92 Å². The van der Waals surface area contributed by atoms with Crippen LogP contribution in [0, 0.1) is 0 Å². The Labute approximate surface area is 94.9 Å². The van der Waals surface area contributed by atoms with Crippen molar-refractivity contribution in [1.82, 2.24) is 4.98 Å². The molecule has 0 amide bonds. The highest BCUT2D eigenvalue weighted by Crippen LogP contribution is 2.11. The molecular formula is C8H9N3O4S. The van der Waals surface area contributed by atoms with Crippen molar-refractivity contribution in [1.29, 1.82) is 0 Å². The van der Waals surface area contributed by atoms with Crippen LogP contribution in [0.25, 0.3) is 0 Å². The maximum absolute atomic E-state index is 10.8. The maximum Gasteiger partial charge on any atom is 0.535 e. The van der Waals surface area contributed by atoms with Gasteiger partial charge < -0.3 is 10.5 Å². The van der Waals surface area contributed by atoms with E-state index in [1.807, 2.05) is 0 Å². The Balaban J connectivity index is 2.71. The minimum atomic E-state index is -0.981.